The Morgan fingerprint density at radius 3 is 3.00 bits per heavy atom. The Morgan fingerprint density at radius 1 is 1.50 bits per heavy atom. The lowest BCUT2D eigenvalue weighted by molar-refractivity contribution is 0.150. The molecule has 1 saturated carbocycles. The van der Waals surface area contributed by atoms with Crippen molar-refractivity contribution in [1.82, 2.24) is 0 Å². The van der Waals surface area contributed by atoms with Crippen LogP contribution in [0.3, 0.4) is 0 Å². The Kier molecular flexibility index (Phi) is 2.30. The second-order valence-electron chi connectivity index (χ2n) is 4.42. The monoisotopic (exact) mass is 238 g/mol. The van der Waals surface area contributed by atoms with Gasteiger partial charge in [-0.25, -0.2) is 0 Å². The van der Waals surface area contributed by atoms with Crippen LogP contribution in [0.4, 0.5) is 0 Å². The maximum absolute atomic E-state index is 9.95. The van der Waals surface area contributed by atoms with Gasteiger partial charge in [-0.2, -0.15) is 0 Å². The molecule has 1 heterocycles. The molecule has 0 bridgehead atoms. The van der Waals surface area contributed by atoms with Crippen molar-refractivity contribution in [3.05, 3.63) is 17.7 Å². The molecule has 1 aromatic carbocycles. The number of rotatable bonds is 3. The fourth-order valence-corrected chi connectivity index (χ4v) is 2.73. The van der Waals surface area contributed by atoms with Crippen molar-refractivity contribution < 1.29 is 14.6 Å². The number of ether oxygens (including phenoxy) is 2. The Morgan fingerprint density at radius 2 is 2.31 bits per heavy atom. The van der Waals surface area contributed by atoms with Crippen LogP contribution >= 0.6 is 11.8 Å². The third kappa shape index (κ3) is 1.76. The third-order valence-electron chi connectivity index (χ3n) is 3.12. The largest absolute Gasteiger partial charge is 0.496 e. The Bertz CT molecular complexity index is 427. The highest BCUT2D eigenvalue weighted by Gasteiger charge is 2.41. The standard InChI is InChI=1S/C12H14O3S/c1-14-9-5-11-10(15-7-16-11)4-8(9)6-12(13)2-3-12/h4-5,13H,2-3,6-7H2,1H3. The molecule has 0 atom stereocenters. The molecule has 1 fully saturated rings. The number of aliphatic hydroxyl groups is 1. The van der Waals surface area contributed by atoms with E-state index >= 15 is 0 Å². The Balaban J connectivity index is 1.95. The lowest BCUT2D eigenvalue weighted by atomic mass is 10.1. The predicted molar refractivity (Wildman–Crippen MR) is 62.2 cm³/mol. The maximum Gasteiger partial charge on any atom is 0.138 e. The van der Waals surface area contributed by atoms with Gasteiger partial charge in [-0.3, -0.25) is 0 Å². The van der Waals surface area contributed by atoms with Crippen molar-refractivity contribution in [2.24, 2.45) is 0 Å². The van der Waals surface area contributed by atoms with Crippen LogP contribution < -0.4 is 9.47 Å². The van der Waals surface area contributed by atoms with E-state index in [0.717, 1.165) is 34.8 Å². The van der Waals surface area contributed by atoms with Gasteiger partial charge in [0.25, 0.3) is 0 Å². The van der Waals surface area contributed by atoms with E-state index < -0.39 is 5.60 Å². The van der Waals surface area contributed by atoms with Crippen molar-refractivity contribution in [3.8, 4) is 11.5 Å². The molecule has 1 aromatic rings. The van der Waals surface area contributed by atoms with Gasteiger partial charge in [0.05, 0.1) is 17.6 Å². The first-order valence-electron chi connectivity index (χ1n) is 5.39. The molecule has 1 N–H and O–H groups in total. The highest BCUT2D eigenvalue weighted by Crippen LogP contribution is 2.44. The molecule has 0 saturated heterocycles. The zero-order valence-electron chi connectivity index (χ0n) is 9.16. The van der Waals surface area contributed by atoms with Gasteiger partial charge in [0.2, 0.25) is 0 Å². The maximum atomic E-state index is 9.95. The molecule has 0 unspecified atom stereocenters. The molecule has 3 rings (SSSR count). The van der Waals surface area contributed by atoms with Crippen LogP contribution in [0.15, 0.2) is 17.0 Å². The van der Waals surface area contributed by atoms with Crippen LogP contribution in [0.25, 0.3) is 0 Å². The van der Waals surface area contributed by atoms with Gasteiger partial charge in [-0.1, -0.05) is 11.8 Å². The van der Waals surface area contributed by atoms with Crippen molar-refractivity contribution in [3.63, 3.8) is 0 Å². The van der Waals surface area contributed by atoms with E-state index in [4.69, 9.17) is 9.47 Å². The van der Waals surface area contributed by atoms with Crippen LogP contribution in [0.5, 0.6) is 11.5 Å². The van der Waals surface area contributed by atoms with E-state index in [1.54, 1.807) is 18.9 Å². The summed E-state index contributed by atoms with van der Waals surface area (Å²) in [6.45, 7) is 0. The summed E-state index contributed by atoms with van der Waals surface area (Å²) in [5.41, 5.74) is 0.552. The topological polar surface area (TPSA) is 38.7 Å². The zero-order valence-corrected chi connectivity index (χ0v) is 9.97. The fourth-order valence-electron chi connectivity index (χ4n) is 1.97. The van der Waals surface area contributed by atoms with Gasteiger partial charge < -0.3 is 14.6 Å². The molecule has 3 nitrogen and oxygen atoms in total. The summed E-state index contributed by atoms with van der Waals surface area (Å²) in [5.74, 6) is 2.45. The highest BCUT2D eigenvalue weighted by atomic mass is 32.2. The molecule has 0 amide bonds. The minimum atomic E-state index is -0.493. The summed E-state index contributed by atoms with van der Waals surface area (Å²) in [6.07, 6.45) is 2.45. The van der Waals surface area contributed by atoms with Crippen LogP contribution in [0, 0.1) is 0 Å². The normalized spacial score (nSPS) is 20.1. The summed E-state index contributed by atoms with van der Waals surface area (Å²) in [5, 5.41) is 9.95. The number of hydrogen-bond acceptors (Lipinski definition) is 4. The molecule has 86 valence electrons. The zero-order chi connectivity index (χ0) is 11.2. The van der Waals surface area contributed by atoms with Gasteiger partial charge in [0.15, 0.2) is 0 Å². The molecular formula is C12H14O3S. The van der Waals surface area contributed by atoms with Crippen molar-refractivity contribution in [2.45, 2.75) is 29.8 Å². The lowest BCUT2D eigenvalue weighted by Crippen LogP contribution is -2.11. The minimum absolute atomic E-state index is 0.493. The molecular weight excluding hydrogens is 224 g/mol. The number of hydrogen-bond donors (Lipinski definition) is 1. The van der Waals surface area contributed by atoms with Crippen molar-refractivity contribution >= 4 is 11.8 Å². The molecule has 1 aliphatic carbocycles. The predicted octanol–water partition coefficient (Wildman–Crippen LogP) is 2.20. The van der Waals surface area contributed by atoms with Gasteiger partial charge in [0, 0.05) is 12.0 Å². The van der Waals surface area contributed by atoms with E-state index in [1.807, 2.05) is 12.1 Å². The molecule has 16 heavy (non-hydrogen) atoms. The molecule has 2 aliphatic rings. The van der Waals surface area contributed by atoms with E-state index in [0.29, 0.717) is 12.4 Å². The van der Waals surface area contributed by atoms with Gasteiger partial charge in [0.1, 0.15) is 17.4 Å². The van der Waals surface area contributed by atoms with E-state index in [1.165, 1.54) is 0 Å². The van der Waals surface area contributed by atoms with Crippen LogP contribution in [0.1, 0.15) is 18.4 Å². The molecule has 1 aliphatic heterocycles. The van der Waals surface area contributed by atoms with Gasteiger partial charge in [-0.15, -0.1) is 0 Å². The van der Waals surface area contributed by atoms with E-state index in [-0.39, 0.29) is 0 Å². The molecule has 0 spiro atoms. The average molecular weight is 238 g/mol. The Hall–Kier alpha value is -0.870. The SMILES string of the molecule is COc1cc2c(cc1CC1(O)CC1)OCS2. The summed E-state index contributed by atoms with van der Waals surface area (Å²) >= 11 is 1.67. The fraction of sp³-hybridized carbons (Fsp3) is 0.500. The molecule has 4 heteroatoms. The highest BCUT2D eigenvalue weighted by molar-refractivity contribution is 7.99. The van der Waals surface area contributed by atoms with Crippen molar-refractivity contribution in [1.29, 1.82) is 0 Å². The number of fused-ring (bicyclic) bond motifs is 1. The summed E-state index contributed by atoms with van der Waals surface area (Å²) < 4.78 is 10.9. The smallest absolute Gasteiger partial charge is 0.138 e. The first-order chi connectivity index (χ1) is 7.70. The number of methoxy groups -OCH3 is 1. The first kappa shape index (κ1) is 10.3. The minimum Gasteiger partial charge on any atom is -0.496 e. The second-order valence-corrected chi connectivity index (χ2v) is 5.38. The first-order valence-corrected chi connectivity index (χ1v) is 6.38. The van der Waals surface area contributed by atoms with E-state index in [2.05, 4.69) is 0 Å². The van der Waals surface area contributed by atoms with Crippen LogP contribution in [-0.2, 0) is 6.42 Å². The van der Waals surface area contributed by atoms with Gasteiger partial charge >= 0.3 is 0 Å². The number of benzene rings is 1. The van der Waals surface area contributed by atoms with Crippen molar-refractivity contribution in [2.75, 3.05) is 13.0 Å². The van der Waals surface area contributed by atoms with Crippen LogP contribution in [0.2, 0.25) is 0 Å². The van der Waals surface area contributed by atoms with Gasteiger partial charge in [-0.05, 0) is 25.0 Å². The quantitative estimate of drug-likeness (QED) is 0.876. The third-order valence-corrected chi connectivity index (χ3v) is 3.99. The summed E-state index contributed by atoms with van der Waals surface area (Å²) in [6, 6.07) is 4.01. The Labute approximate surface area is 98.8 Å². The summed E-state index contributed by atoms with van der Waals surface area (Å²) in [4.78, 5) is 1.13. The molecule has 0 aromatic heterocycles. The second kappa shape index (κ2) is 3.57. The lowest BCUT2D eigenvalue weighted by Gasteiger charge is -2.13. The average Bonchev–Trinajstić information content (AvgIpc) is 2.82. The summed E-state index contributed by atoms with van der Waals surface area (Å²) in [7, 11) is 1.67. The number of thioether (sulfide) groups is 1. The van der Waals surface area contributed by atoms with E-state index in [9.17, 15) is 5.11 Å². The van der Waals surface area contributed by atoms with Crippen LogP contribution in [-0.4, -0.2) is 23.8 Å². The molecule has 0 radical (unpaired) electrons.